The fourth-order valence-electron chi connectivity index (χ4n) is 3.86. The van der Waals surface area contributed by atoms with Gasteiger partial charge in [-0.2, -0.15) is 4.91 Å². The van der Waals surface area contributed by atoms with Gasteiger partial charge in [0, 0.05) is 10.9 Å². The summed E-state index contributed by atoms with van der Waals surface area (Å²) in [7, 11) is 1.19. The van der Waals surface area contributed by atoms with Gasteiger partial charge in [0.15, 0.2) is 5.88 Å². The zero-order valence-electron chi connectivity index (χ0n) is 15.9. The second kappa shape index (κ2) is 8.01. The molecule has 0 saturated carbocycles. The zero-order chi connectivity index (χ0) is 20.4. The highest BCUT2D eigenvalue weighted by molar-refractivity contribution is 6.24. The van der Waals surface area contributed by atoms with Gasteiger partial charge in [-0.25, -0.2) is 4.98 Å². The summed E-state index contributed by atoms with van der Waals surface area (Å²) in [5.41, 5.74) is 3.73. The van der Waals surface area contributed by atoms with Crippen molar-refractivity contribution in [3.8, 4) is 0 Å². The molecule has 0 unspecified atom stereocenters. The van der Waals surface area contributed by atoms with Crippen LogP contribution in [0.3, 0.4) is 0 Å². The van der Waals surface area contributed by atoms with Crippen molar-refractivity contribution in [1.29, 1.82) is 0 Å². The highest BCUT2D eigenvalue weighted by Crippen LogP contribution is 2.38. The summed E-state index contributed by atoms with van der Waals surface area (Å²) in [6.45, 7) is 1.15. The van der Waals surface area contributed by atoms with Gasteiger partial charge < -0.3 is 9.47 Å². The van der Waals surface area contributed by atoms with E-state index in [-0.39, 0.29) is 5.91 Å². The smallest absolute Gasteiger partial charge is 0.259 e. The van der Waals surface area contributed by atoms with Gasteiger partial charge >= 0.3 is 0 Å². The Morgan fingerprint density at radius 1 is 1.03 bits per heavy atom. The summed E-state index contributed by atoms with van der Waals surface area (Å²) in [6.07, 6.45) is 0. The Balaban J connectivity index is 0.000000645. The molecule has 0 fully saturated rings. The number of nitroso groups, excluding NO2 is 1. The molecule has 0 atom stereocenters. The van der Waals surface area contributed by atoms with Crippen LogP contribution >= 0.6 is 0 Å². The number of carbonyl (C=O) groups excluding carboxylic acids is 1. The Bertz CT molecular complexity index is 1210. The molecule has 1 aliphatic heterocycles. The van der Waals surface area contributed by atoms with Crippen LogP contribution in [0.4, 0.5) is 5.69 Å². The average molecular weight is 408 g/mol. The maximum Gasteiger partial charge on any atom is 0.259 e. The minimum Gasteiger partial charge on any atom is -0.321 e. The third kappa shape index (κ3) is 3.25. The molecule has 0 aliphatic carbocycles. The van der Waals surface area contributed by atoms with E-state index in [0.717, 1.165) is 38.9 Å². The Hall–Kier alpha value is -3.25. The number of benzene rings is 3. The van der Waals surface area contributed by atoms with Crippen molar-refractivity contribution in [2.45, 2.75) is 13.1 Å². The molecule has 2 heterocycles. The summed E-state index contributed by atoms with van der Waals surface area (Å²) >= 11 is 5.21. The third-order valence-electron chi connectivity index (χ3n) is 5.00. The van der Waals surface area contributed by atoms with Crippen LogP contribution in [-0.2, 0) is 13.1 Å². The fourth-order valence-corrected chi connectivity index (χ4v) is 4.05. The molecule has 1 aliphatic rings. The van der Waals surface area contributed by atoms with E-state index in [1.54, 1.807) is 0 Å². The summed E-state index contributed by atoms with van der Waals surface area (Å²) in [6, 6.07) is 20.0. The van der Waals surface area contributed by atoms with Crippen LogP contribution in [0.25, 0.3) is 21.8 Å². The maximum absolute atomic E-state index is 13.0. The van der Waals surface area contributed by atoms with Gasteiger partial charge in [-0.05, 0) is 29.7 Å². The first-order valence-electron chi connectivity index (χ1n) is 9.27. The van der Waals surface area contributed by atoms with Gasteiger partial charge in [-0.15, -0.1) is 0 Å². The van der Waals surface area contributed by atoms with Crippen molar-refractivity contribution in [3.05, 3.63) is 77.0 Å². The highest BCUT2D eigenvalue weighted by atomic mass is 35.5. The highest BCUT2D eigenvalue weighted by Gasteiger charge is 2.30. The van der Waals surface area contributed by atoms with Crippen molar-refractivity contribution in [2.24, 2.45) is 5.18 Å². The third-order valence-corrected chi connectivity index (χ3v) is 5.18. The number of anilines is 1. The molecule has 5 rings (SSSR count). The number of aromatic nitrogens is 2. The van der Waals surface area contributed by atoms with E-state index in [1.165, 1.54) is 7.05 Å². The molecule has 4 aromatic rings. The monoisotopic (exact) mass is 407 g/mol. The predicted molar refractivity (Wildman–Crippen MR) is 112 cm³/mol. The van der Waals surface area contributed by atoms with E-state index >= 15 is 0 Å². The van der Waals surface area contributed by atoms with Crippen LogP contribution in [0.2, 0.25) is 0 Å². The van der Waals surface area contributed by atoms with Crippen LogP contribution < -0.4 is 4.90 Å². The molecule has 0 bridgehead atoms. The lowest BCUT2D eigenvalue weighted by Crippen LogP contribution is -2.28. The van der Waals surface area contributed by atoms with E-state index < -0.39 is 0 Å². The Labute approximate surface area is 172 Å². The number of carbonyl (C=O) groups is 1. The molecule has 3 aromatic carbocycles. The minimum atomic E-state index is 0.0359. The van der Waals surface area contributed by atoms with Gasteiger partial charge in [-0.1, -0.05) is 41.6 Å². The largest absolute Gasteiger partial charge is 0.321 e. The first-order valence-corrected chi connectivity index (χ1v) is 9.84. The second-order valence-electron chi connectivity index (χ2n) is 6.63. The Morgan fingerprint density at radius 2 is 1.76 bits per heavy atom. The van der Waals surface area contributed by atoms with Gasteiger partial charge in [0.2, 0.25) is 0 Å². The minimum absolute atomic E-state index is 0.0359. The van der Waals surface area contributed by atoms with Crippen molar-refractivity contribution >= 4 is 33.4 Å². The normalized spacial score (nSPS) is 12.3. The lowest BCUT2D eigenvalue weighted by atomic mass is 10.1. The van der Waals surface area contributed by atoms with Gasteiger partial charge in [0.25, 0.3) is 5.91 Å². The molecule has 0 spiro atoms. The molecule has 6 nitrogen and oxygen atoms in total. The predicted octanol–water partition coefficient (Wildman–Crippen LogP) is 4.01. The van der Waals surface area contributed by atoms with Crippen LogP contribution in [0.1, 0.15) is 16.2 Å². The quantitative estimate of drug-likeness (QED) is 0.379. The SMILES string of the molecule is CN=O.O=C1c2cccc3cccc(c23)N1Cc1nc2ccccc2n1CC[ClH+]. The number of hydrogen-bond donors (Lipinski definition) is 0. The standard InChI is InChI=1S/C21H17ClN3O.CH3NO/c22-11-12-24-17-9-2-1-8-16(17)23-19(24)13-25-18-10-4-6-14-5-3-7-15(20(14)18)21(25)26;1-2-3/h1-10,22H,11-13H2;1H3/q+1;. The van der Waals surface area contributed by atoms with Crippen molar-refractivity contribution in [3.63, 3.8) is 0 Å². The Morgan fingerprint density at radius 3 is 2.52 bits per heavy atom. The molecular formula is C22H20ClN4O2+. The number of amides is 1. The number of alkyl halides is 1. The summed E-state index contributed by atoms with van der Waals surface area (Å²) < 4.78 is 2.14. The van der Waals surface area contributed by atoms with E-state index in [4.69, 9.17) is 21.5 Å². The number of rotatable bonds is 4. The molecule has 7 heteroatoms. The average Bonchev–Trinajstić information content (AvgIpc) is 3.22. The van der Waals surface area contributed by atoms with Gasteiger partial charge in [0.05, 0.1) is 36.9 Å². The van der Waals surface area contributed by atoms with Gasteiger partial charge in [-0.3, -0.25) is 4.79 Å². The zero-order valence-corrected chi connectivity index (χ0v) is 16.7. The maximum atomic E-state index is 13.0. The second-order valence-corrected chi connectivity index (χ2v) is 7.04. The van der Waals surface area contributed by atoms with Crippen molar-refractivity contribution in [1.82, 2.24) is 9.55 Å². The van der Waals surface area contributed by atoms with Crippen molar-refractivity contribution in [2.75, 3.05) is 17.8 Å². The van der Waals surface area contributed by atoms with E-state index in [2.05, 4.69) is 15.8 Å². The lowest BCUT2D eigenvalue weighted by molar-refractivity contribution is -0.369. The first kappa shape index (κ1) is 19.1. The molecular weight excluding hydrogens is 388 g/mol. The number of fused-ring (bicyclic) bond motifs is 1. The topological polar surface area (TPSA) is 67.6 Å². The number of aryl methyl sites for hydroxylation is 1. The molecule has 0 saturated heterocycles. The van der Waals surface area contributed by atoms with Gasteiger partial charge in [0.1, 0.15) is 17.4 Å². The van der Waals surface area contributed by atoms with E-state index in [0.29, 0.717) is 19.0 Å². The Kier molecular flexibility index (Phi) is 5.27. The van der Waals surface area contributed by atoms with E-state index in [9.17, 15) is 4.79 Å². The molecule has 0 N–H and O–H groups in total. The van der Waals surface area contributed by atoms with Crippen LogP contribution in [0, 0.1) is 16.5 Å². The van der Waals surface area contributed by atoms with Crippen LogP contribution in [0.15, 0.2) is 65.8 Å². The molecule has 1 aromatic heterocycles. The number of halogens is 1. The van der Waals surface area contributed by atoms with E-state index in [1.807, 2.05) is 59.5 Å². The molecule has 146 valence electrons. The van der Waals surface area contributed by atoms with Crippen molar-refractivity contribution < 1.29 is 16.4 Å². The summed E-state index contributed by atoms with van der Waals surface area (Å²) in [5, 5.41) is 4.38. The molecule has 29 heavy (non-hydrogen) atoms. The lowest BCUT2D eigenvalue weighted by Gasteiger charge is -2.18. The molecule has 0 radical (unpaired) electrons. The number of para-hydroxylation sites is 2. The summed E-state index contributed by atoms with van der Waals surface area (Å²) in [5.74, 6) is 1.51. The number of imidazole rings is 1. The van der Waals surface area contributed by atoms with Crippen LogP contribution in [-0.4, -0.2) is 28.4 Å². The number of nitrogens with zero attached hydrogens (tertiary/aromatic N) is 4. The molecule has 1 amide bonds. The first-order chi connectivity index (χ1) is 14.2. The summed E-state index contributed by atoms with van der Waals surface area (Å²) in [4.78, 5) is 28.2. The van der Waals surface area contributed by atoms with Crippen LogP contribution in [0.5, 0.6) is 0 Å². The fraction of sp³-hybridized carbons (Fsp3) is 0.182. The number of hydrogen-bond acceptors (Lipinski definition) is 4.